The van der Waals surface area contributed by atoms with Gasteiger partial charge in [0.25, 0.3) is 0 Å². The van der Waals surface area contributed by atoms with Crippen LogP contribution in [0.25, 0.3) is 0 Å². The molecule has 0 bridgehead atoms. The maximum absolute atomic E-state index is 5.93. The van der Waals surface area contributed by atoms with Crippen molar-refractivity contribution in [3.8, 4) is 17.6 Å². The van der Waals surface area contributed by atoms with Crippen molar-refractivity contribution in [3.05, 3.63) is 65.7 Å². The van der Waals surface area contributed by atoms with Crippen LogP contribution in [-0.2, 0) is 0 Å². The van der Waals surface area contributed by atoms with Crippen LogP contribution in [0, 0.1) is 17.8 Å². The van der Waals surface area contributed by atoms with E-state index < -0.39 is 0 Å². The molecule has 0 fully saturated rings. The predicted molar refractivity (Wildman–Crippen MR) is 97.7 cm³/mol. The predicted octanol–water partition coefficient (Wildman–Crippen LogP) is 5.68. The first-order valence-electron chi connectivity index (χ1n) is 8.61. The molecular formula is C22H26O. The monoisotopic (exact) mass is 306 g/mol. The molecule has 0 aromatic heterocycles. The Bertz CT molecular complexity index is 617. The first-order valence-corrected chi connectivity index (χ1v) is 8.61. The molecule has 0 saturated carbocycles. The number of unbranched alkanes of at least 4 members (excludes halogenated alkanes) is 1. The fraction of sp³-hybridized carbons (Fsp3) is 0.364. The van der Waals surface area contributed by atoms with Crippen molar-refractivity contribution < 1.29 is 4.74 Å². The Kier molecular flexibility index (Phi) is 7.27. The molecule has 0 radical (unpaired) electrons. The van der Waals surface area contributed by atoms with Gasteiger partial charge in [-0.15, -0.1) is 0 Å². The van der Waals surface area contributed by atoms with E-state index in [-0.39, 0.29) is 0 Å². The first-order chi connectivity index (χ1) is 11.3. The van der Waals surface area contributed by atoms with Gasteiger partial charge in [0.05, 0.1) is 6.61 Å². The number of rotatable bonds is 7. The summed E-state index contributed by atoms with van der Waals surface area (Å²) in [6.07, 6.45) is 4.98. The van der Waals surface area contributed by atoms with Crippen LogP contribution < -0.4 is 4.74 Å². The Balaban J connectivity index is 1.88. The molecule has 0 aliphatic rings. The summed E-state index contributed by atoms with van der Waals surface area (Å²) in [4.78, 5) is 0. The standard InChI is InChI=1S/C22H26O/c1-3-5-9-19(4-2)18-23-22-16-14-21(15-17-22)13-12-20-10-7-6-8-11-20/h6-8,10-11,14-17,19H,3-5,9,18H2,1-2H3. The van der Waals surface area contributed by atoms with Crippen LogP contribution >= 0.6 is 0 Å². The van der Waals surface area contributed by atoms with Crippen LogP contribution in [0.2, 0.25) is 0 Å². The summed E-state index contributed by atoms with van der Waals surface area (Å²) < 4.78 is 5.93. The maximum atomic E-state index is 5.93. The Morgan fingerprint density at radius 3 is 2.13 bits per heavy atom. The summed E-state index contributed by atoms with van der Waals surface area (Å²) >= 11 is 0. The van der Waals surface area contributed by atoms with E-state index in [0.717, 1.165) is 23.5 Å². The Morgan fingerprint density at radius 1 is 0.870 bits per heavy atom. The molecule has 0 spiro atoms. The van der Waals surface area contributed by atoms with Crippen molar-refractivity contribution in [1.82, 2.24) is 0 Å². The molecule has 0 saturated heterocycles. The van der Waals surface area contributed by atoms with Gasteiger partial charge in [0.2, 0.25) is 0 Å². The zero-order valence-electron chi connectivity index (χ0n) is 14.2. The average molecular weight is 306 g/mol. The van der Waals surface area contributed by atoms with E-state index in [2.05, 4.69) is 25.7 Å². The molecule has 120 valence electrons. The highest BCUT2D eigenvalue weighted by atomic mass is 16.5. The van der Waals surface area contributed by atoms with Crippen molar-refractivity contribution in [1.29, 1.82) is 0 Å². The molecule has 2 aromatic carbocycles. The molecule has 2 aromatic rings. The lowest BCUT2D eigenvalue weighted by atomic mass is 10.0. The summed E-state index contributed by atoms with van der Waals surface area (Å²) in [5.74, 6) is 7.95. The number of hydrogen-bond acceptors (Lipinski definition) is 1. The number of hydrogen-bond donors (Lipinski definition) is 0. The third-order valence-electron chi connectivity index (χ3n) is 4.01. The highest BCUT2D eigenvalue weighted by Crippen LogP contribution is 2.17. The molecule has 2 rings (SSSR count). The topological polar surface area (TPSA) is 9.23 Å². The van der Waals surface area contributed by atoms with Crippen LogP contribution in [0.5, 0.6) is 5.75 Å². The van der Waals surface area contributed by atoms with Crippen LogP contribution in [0.4, 0.5) is 0 Å². The molecule has 1 nitrogen and oxygen atoms in total. The van der Waals surface area contributed by atoms with E-state index in [0.29, 0.717) is 5.92 Å². The van der Waals surface area contributed by atoms with Crippen molar-refractivity contribution in [2.75, 3.05) is 6.61 Å². The van der Waals surface area contributed by atoms with Crippen molar-refractivity contribution in [2.24, 2.45) is 5.92 Å². The van der Waals surface area contributed by atoms with Crippen LogP contribution in [0.3, 0.4) is 0 Å². The smallest absolute Gasteiger partial charge is 0.119 e. The molecule has 0 aliphatic heterocycles. The lowest BCUT2D eigenvalue weighted by molar-refractivity contribution is 0.233. The molecule has 1 heteroatoms. The van der Waals surface area contributed by atoms with Gasteiger partial charge in [-0.05, 0) is 48.7 Å². The normalized spacial score (nSPS) is 11.4. The van der Waals surface area contributed by atoms with E-state index in [1.165, 1.54) is 25.7 Å². The third kappa shape index (κ3) is 6.20. The summed E-state index contributed by atoms with van der Waals surface area (Å²) in [5.41, 5.74) is 2.05. The minimum Gasteiger partial charge on any atom is -0.493 e. The molecular weight excluding hydrogens is 280 g/mol. The van der Waals surface area contributed by atoms with E-state index in [1.807, 2.05) is 54.6 Å². The molecule has 0 heterocycles. The number of benzene rings is 2. The van der Waals surface area contributed by atoms with E-state index in [4.69, 9.17) is 4.74 Å². The minimum atomic E-state index is 0.660. The van der Waals surface area contributed by atoms with Crippen LogP contribution in [0.15, 0.2) is 54.6 Å². The van der Waals surface area contributed by atoms with Gasteiger partial charge in [0.1, 0.15) is 5.75 Å². The Morgan fingerprint density at radius 2 is 1.52 bits per heavy atom. The Labute approximate surface area is 140 Å². The van der Waals surface area contributed by atoms with Crippen molar-refractivity contribution in [2.45, 2.75) is 39.5 Å². The van der Waals surface area contributed by atoms with Gasteiger partial charge in [-0.1, -0.05) is 63.1 Å². The fourth-order valence-corrected chi connectivity index (χ4v) is 2.41. The van der Waals surface area contributed by atoms with E-state index in [9.17, 15) is 0 Å². The average Bonchev–Trinajstić information content (AvgIpc) is 2.62. The fourth-order valence-electron chi connectivity index (χ4n) is 2.41. The van der Waals surface area contributed by atoms with Gasteiger partial charge in [0, 0.05) is 11.1 Å². The quantitative estimate of drug-likeness (QED) is 0.598. The minimum absolute atomic E-state index is 0.660. The molecule has 23 heavy (non-hydrogen) atoms. The molecule has 0 amide bonds. The SMILES string of the molecule is CCCCC(CC)COc1ccc(C#Cc2ccccc2)cc1. The first kappa shape index (κ1) is 17.2. The second kappa shape index (κ2) is 9.74. The highest BCUT2D eigenvalue weighted by Gasteiger charge is 2.06. The van der Waals surface area contributed by atoms with Crippen molar-refractivity contribution in [3.63, 3.8) is 0 Å². The highest BCUT2D eigenvalue weighted by molar-refractivity contribution is 5.44. The van der Waals surface area contributed by atoms with E-state index >= 15 is 0 Å². The lowest BCUT2D eigenvalue weighted by Crippen LogP contribution is -2.11. The molecule has 1 unspecified atom stereocenters. The van der Waals surface area contributed by atoms with Crippen molar-refractivity contribution >= 4 is 0 Å². The largest absolute Gasteiger partial charge is 0.493 e. The Hall–Kier alpha value is -2.20. The van der Waals surface area contributed by atoms with Gasteiger partial charge in [-0.25, -0.2) is 0 Å². The van der Waals surface area contributed by atoms with E-state index in [1.54, 1.807) is 0 Å². The molecule has 0 N–H and O–H groups in total. The van der Waals surface area contributed by atoms with Gasteiger partial charge >= 0.3 is 0 Å². The van der Waals surface area contributed by atoms with Gasteiger partial charge in [-0.2, -0.15) is 0 Å². The second-order valence-electron chi connectivity index (χ2n) is 5.87. The summed E-state index contributed by atoms with van der Waals surface area (Å²) in [6.45, 7) is 5.29. The molecule has 1 atom stereocenters. The van der Waals surface area contributed by atoms with Gasteiger partial charge < -0.3 is 4.74 Å². The second-order valence-corrected chi connectivity index (χ2v) is 5.87. The lowest BCUT2D eigenvalue weighted by Gasteiger charge is -2.15. The van der Waals surface area contributed by atoms with Crippen LogP contribution in [-0.4, -0.2) is 6.61 Å². The summed E-state index contributed by atoms with van der Waals surface area (Å²) in [7, 11) is 0. The zero-order chi connectivity index (χ0) is 16.3. The zero-order valence-corrected chi connectivity index (χ0v) is 14.2. The van der Waals surface area contributed by atoms with Gasteiger partial charge in [-0.3, -0.25) is 0 Å². The summed E-state index contributed by atoms with van der Waals surface area (Å²) in [6, 6.07) is 18.1. The maximum Gasteiger partial charge on any atom is 0.119 e. The third-order valence-corrected chi connectivity index (χ3v) is 4.01. The van der Waals surface area contributed by atoms with Crippen LogP contribution in [0.1, 0.15) is 50.7 Å². The number of ether oxygens (including phenoxy) is 1. The summed E-state index contributed by atoms with van der Waals surface area (Å²) in [5, 5.41) is 0. The molecule has 0 aliphatic carbocycles. The van der Waals surface area contributed by atoms with Gasteiger partial charge in [0.15, 0.2) is 0 Å².